The summed E-state index contributed by atoms with van der Waals surface area (Å²) in [7, 11) is 0.360. The van der Waals surface area contributed by atoms with Crippen LogP contribution in [0.4, 0.5) is 0 Å². The van der Waals surface area contributed by atoms with Crippen LogP contribution in [0.3, 0.4) is 0 Å². The van der Waals surface area contributed by atoms with Crippen molar-refractivity contribution in [2.75, 3.05) is 20.6 Å². The van der Waals surface area contributed by atoms with E-state index in [2.05, 4.69) is 25.9 Å². The van der Waals surface area contributed by atoms with Crippen molar-refractivity contribution in [2.45, 2.75) is 109 Å². The van der Waals surface area contributed by atoms with Crippen molar-refractivity contribution in [3.8, 4) is 0 Å². The molecule has 1 atom stereocenters. The van der Waals surface area contributed by atoms with Crippen molar-refractivity contribution in [2.24, 2.45) is 5.92 Å². The molecule has 0 aliphatic carbocycles. The van der Waals surface area contributed by atoms with Gasteiger partial charge in [-0.25, -0.2) is 0 Å². The Kier molecular flexibility index (Phi) is 21.5. The number of rotatable bonds is 19. The Morgan fingerprint density at radius 1 is 0.667 bits per heavy atom. The summed E-state index contributed by atoms with van der Waals surface area (Å²) in [6, 6.07) is 0.184. The molecule has 4 nitrogen and oxygen atoms in total. The molecule has 0 heterocycles. The van der Waals surface area contributed by atoms with Crippen molar-refractivity contribution >= 4 is 21.2 Å². The molecule has 0 aromatic carbocycles. The van der Waals surface area contributed by atoms with Crippen LogP contribution in [0.1, 0.15) is 103 Å². The lowest BCUT2D eigenvalue weighted by Crippen LogP contribution is -2.34. The number of unbranched alkanes of at least 4 members (excludes halogenated alkanes) is 10. The van der Waals surface area contributed by atoms with E-state index in [4.69, 9.17) is 14.4 Å². The molecule has 0 saturated carbocycles. The summed E-state index contributed by atoms with van der Waals surface area (Å²) in [6.45, 7) is 3.36. The second kappa shape index (κ2) is 19.7. The molecule has 0 aliphatic heterocycles. The van der Waals surface area contributed by atoms with Crippen molar-refractivity contribution in [3.63, 3.8) is 0 Å². The third-order valence-corrected chi connectivity index (χ3v) is 6.35. The summed E-state index contributed by atoms with van der Waals surface area (Å²) < 4.78 is 0. The highest BCUT2D eigenvalue weighted by atomic mass is 35.5. The Hall–Kier alpha value is 0.347. The van der Waals surface area contributed by atoms with Crippen LogP contribution in [0.15, 0.2) is 0 Å². The van der Waals surface area contributed by atoms with E-state index >= 15 is 0 Å². The molecule has 1 unspecified atom stereocenters. The molecule has 0 rings (SSSR count). The van der Waals surface area contributed by atoms with Gasteiger partial charge in [-0.05, 0) is 39.4 Å². The van der Waals surface area contributed by atoms with Crippen LogP contribution in [-0.2, 0) is 0 Å². The fourth-order valence-corrected chi connectivity index (χ4v) is 4.28. The summed E-state index contributed by atoms with van der Waals surface area (Å²) in [5.74, 6) is 0.646. The minimum atomic E-state index is -3.85. The molecule has 27 heavy (non-hydrogen) atoms. The normalized spacial score (nSPS) is 13.0. The summed E-state index contributed by atoms with van der Waals surface area (Å²) in [6.07, 6.45) is 19.3. The fraction of sp³-hybridized carbons (Fsp3) is 1.00. The van der Waals surface area contributed by atoms with Crippen LogP contribution in [0.2, 0.25) is 6.04 Å². The second-order valence-corrected chi connectivity index (χ2v) is 10.5. The third-order valence-electron chi connectivity index (χ3n) is 5.33. The molecule has 166 valence electrons. The van der Waals surface area contributed by atoms with Crippen LogP contribution >= 0.6 is 12.4 Å². The van der Waals surface area contributed by atoms with E-state index in [0.717, 1.165) is 19.4 Å². The molecule has 0 spiro atoms. The molecule has 0 aromatic heterocycles. The van der Waals surface area contributed by atoms with E-state index in [0.29, 0.717) is 5.92 Å². The van der Waals surface area contributed by atoms with Crippen LogP contribution in [0, 0.1) is 5.92 Å². The summed E-state index contributed by atoms with van der Waals surface area (Å²) in [5.41, 5.74) is 0. The molecular weight excluding hydrogens is 378 g/mol. The molecule has 0 aromatic rings. The minimum absolute atomic E-state index is 0. The number of hydrogen-bond acceptors (Lipinski definition) is 4. The largest absolute Gasteiger partial charge is 0.492 e. The fourth-order valence-electron chi connectivity index (χ4n) is 3.60. The lowest BCUT2D eigenvalue weighted by atomic mass is 9.92. The Morgan fingerprint density at radius 2 is 1.11 bits per heavy atom. The zero-order valence-electron chi connectivity index (χ0n) is 18.3. The first kappa shape index (κ1) is 29.5. The summed E-state index contributed by atoms with van der Waals surface area (Å²) in [4.78, 5) is 29.7. The Labute approximate surface area is 176 Å². The van der Waals surface area contributed by atoms with E-state index in [1.165, 1.54) is 83.5 Å². The molecule has 0 radical (unpaired) electrons. The molecule has 0 saturated heterocycles. The van der Waals surface area contributed by atoms with Gasteiger partial charge in [-0.1, -0.05) is 90.4 Å². The van der Waals surface area contributed by atoms with Crippen molar-refractivity contribution in [1.82, 2.24) is 4.90 Å². The van der Waals surface area contributed by atoms with E-state index in [-0.39, 0.29) is 18.5 Å². The van der Waals surface area contributed by atoms with Crippen molar-refractivity contribution in [1.29, 1.82) is 0 Å². The molecule has 0 bridgehead atoms. The van der Waals surface area contributed by atoms with Gasteiger partial charge >= 0.3 is 8.80 Å². The van der Waals surface area contributed by atoms with Crippen molar-refractivity contribution < 1.29 is 14.4 Å². The highest BCUT2D eigenvalue weighted by Crippen LogP contribution is 2.22. The minimum Gasteiger partial charge on any atom is -0.390 e. The Balaban J connectivity index is 0. The summed E-state index contributed by atoms with van der Waals surface area (Å²) >= 11 is 0. The first-order valence-corrected chi connectivity index (χ1v) is 13.2. The molecular formula is C21H48ClNO3Si. The SMILES string of the molecule is CCCCCCCCCCCCCC(CCC[Si](O)(O)O)CCN(C)C.Cl. The van der Waals surface area contributed by atoms with Gasteiger partial charge in [0.1, 0.15) is 0 Å². The van der Waals surface area contributed by atoms with Gasteiger partial charge in [-0.2, -0.15) is 0 Å². The average Bonchev–Trinajstić information content (AvgIpc) is 2.55. The van der Waals surface area contributed by atoms with Gasteiger partial charge in [0.2, 0.25) is 0 Å². The zero-order valence-corrected chi connectivity index (χ0v) is 20.1. The van der Waals surface area contributed by atoms with Crippen LogP contribution in [0.25, 0.3) is 0 Å². The van der Waals surface area contributed by atoms with Gasteiger partial charge in [0.25, 0.3) is 0 Å². The molecule has 6 heteroatoms. The van der Waals surface area contributed by atoms with Gasteiger partial charge in [-0.15, -0.1) is 12.4 Å². The monoisotopic (exact) mass is 425 g/mol. The Bertz CT molecular complexity index is 302. The van der Waals surface area contributed by atoms with E-state index < -0.39 is 8.80 Å². The maximum absolute atomic E-state index is 9.17. The first-order valence-electron chi connectivity index (χ1n) is 11.2. The number of hydrogen-bond donors (Lipinski definition) is 3. The van der Waals surface area contributed by atoms with Crippen molar-refractivity contribution in [3.05, 3.63) is 0 Å². The van der Waals surface area contributed by atoms with Crippen LogP contribution in [0.5, 0.6) is 0 Å². The maximum atomic E-state index is 9.17. The standard InChI is InChI=1S/C21H47NO3Si.ClH/c1-4-5-6-7-8-9-10-11-12-13-14-16-21(18-19-22(2)3)17-15-20-26(23,24)25;/h21,23-25H,4-20H2,1-3H3;1H. The van der Waals surface area contributed by atoms with Gasteiger partial charge < -0.3 is 19.3 Å². The topological polar surface area (TPSA) is 63.9 Å². The van der Waals surface area contributed by atoms with E-state index in [1.807, 2.05) is 0 Å². The smallest absolute Gasteiger partial charge is 0.390 e. The predicted octanol–water partition coefficient (Wildman–Crippen LogP) is 5.37. The van der Waals surface area contributed by atoms with E-state index in [9.17, 15) is 0 Å². The average molecular weight is 426 g/mol. The van der Waals surface area contributed by atoms with Gasteiger partial charge in [-0.3, -0.25) is 0 Å². The second-order valence-electron chi connectivity index (χ2n) is 8.45. The lowest BCUT2D eigenvalue weighted by Gasteiger charge is -2.20. The zero-order chi connectivity index (χ0) is 19.7. The summed E-state index contributed by atoms with van der Waals surface area (Å²) in [5, 5.41) is 0. The van der Waals surface area contributed by atoms with Gasteiger partial charge in [0, 0.05) is 6.04 Å². The molecule has 0 fully saturated rings. The molecule has 0 amide bonds. The lowest BCUT2D eigenvalue weighted by molar-refractivity contribution is 0.223. The predicted molar refractivity (Wildman–Crippen MR) is 121 cm³/mol. The number of halogens is 1. The molecule has 3 N–H and O–H groups in total. The Morgan fingerprint density at radius 3 is 1.56 bits per heavy atom. The van der Waals surface area contributed by atoms with Gasteiger partial charge in [0.05, 0.1) is 0 Å². The van der Waals surface area contributed by atoms with Crippen LogP contribution in [-0.4, -0.2) is 48.7 Å². The molecule has 0 aliphatic rings. The third kappa shape index (κ3) is 24.3. The first-order chi connectivity index (χ1) is 12.3. The number of nitrogens with zero attached hydrogens (tertiary/aromatic N) is 1. The van der Waals surface area contributed by atoms with E-state index in [1.54, 1.807) is 0 Å². The highest BCUT2D eigenvalue weighted by Gasteiger charge is 2.26. The highest BCUT2D eigenvalue weighted by molar-refractivity contribution is 6.56. The maximum Gasteiger partial charge on any atom is 0.492 e. The van der Waals surface area contributed by atoms with Crippen LogP contribution < -0.4 is 0 Å². The quantitative estimate of drug-likeness (QED) is 0.192. The van der Waals surface area contributed by atoms with Gasteiger partial charge in [0.15, 0.2) is 0 Å².